The lowest BCUT2D eigenvalue weighted by Crippen LogP contribution is -2.38. The van der Waals surface area contributed by atoms with Gasteiger partial charge in [0.05, 0.1) is 24.4 Å². The van der Waals surface area contributed by atoms with E-state index in [1.165, 1.54) is 16.2 Å². The third-order valence-electron chi connectivity index (χ3n) is 2.32. The first-order valence-electron chi connectivity index (χ1n) is 5.68. The molecule has 0 aliphatic carbocycles. The monoisotopic (exact) mass is 287 g/mol. The highest BCUT2D eigenvalue weighted by atomic mass is 32.1. The lowest BCUT2D eigenvalue weighted by molar-refractivity contribution is -0.142. The van der Waals surface area contributed by atoms with Gasteiger partial charge in [0.15, 0.2) is 0 Å². The van der Waals surface area contributed by atoms with Gasteiger partial charge in [-0.2, -0.15) is 0 Å². The summed E-state index contributed by atoms with van der Waals surface area (Å²) in [5.41, 5.74) is 2.67. The number of carboxylic acids is 1. The number of nitrogens with zero attached hydrogens (tertiary/aromatic N) is 2. The number of amides is 2. The van der Waals surface area contributed by atoms with E-state index in [4.69, 9.17) is 9.84 Å². The first kappa shape index (κ1) is 15.4. The molecule has 2 amide bonds. The molecule has 7 nitrogen and oxygen atoms in total. The van der Waals surface area contributed by atoms with Gasteiger partial charge in [-0.15, -0.1) is 11.3 Å². The SMILES string of the molecule is Cc1ncsc1CN(C)C(=O)NCCOCC(=O)O. The molecule has 1 aromatic heterocycles. The number of aryl methyl sites for hydroxylation is 1. The van der Waals surface area contributed by atoms with Gasteiger partial charge < -0.3 is 20.1 Å². The fourth-order valence-corrected chi connectivity index (χ4v) is 2.12. The number of hydrogen-bond donors (Lipinski definition) is 2. The van der Waals surface area contributed by atoms with Crippen molar-refractivity contribution in [3.63, 3.8) is 0 Å². The maximum absolute atomic E-state index is 11.7. The molecule has 0 unspecified atom stereocenters. The number of carbonyl (C=O) groups excluding carboxylic acids is 1. The van der Waals surface area contributed by atoms with Gasteiger partial charge in [0.25, 0.3) is 0 Å². The van der Waals surface area contributed by atoms with Crippen LogP contribution in [0.25, 0.3) is 0 Å². The zero-order chi connectivity index (χ0) is 14.3. The normalized spacial score (nSPS) is 10.2. The predicted octanol–water partition coefficient (Wildman–Crippen LogP) is 0.694. The molecule has 2 N–H and O–H groups in total. The standard InChI is InChI=1S/C11H17N3O4S/c1-8-9(19-7-13-8)5-14(2)11(17)12-3-4-18-6-10(15)16/h7H,3-6H2,1-2H3,(H,12,17)(H,15,16). The maximum Gasteiger partial charge on any atom is 0.329 e. The van der Waals surface area contributed by atoms with Crippen LogP contribution < -0.4 is 5.32 Å². The third kappa shape index (κ3) is 5.66. The molecule has 0 aliphatic heterocycles. The first-order valence-corrected chi connectivity index (χ1v) is 6.56. The summed E-state index contributed by atoms with van der Waals surface area (Å²) in [5, 5.41) is 11.0. The molecule has 0 atom stereocenters. The second-order valence-electron chi connectivity index (χ2n) is 3.90. The number of nitrogens with one attached hydrogen (secondary N) is 1. The number of carboxylic acid groups (broad SMARTS) is 1. The molecule has 8 heteroatoms. The molecule has 0 fully saturated rings. The van der Waals surface area contributed by atoms with Crippen LogP contribution in [0, 0.1) is 6.92 Å². The highest BCUT2D eigenvalue weighted by Crippen LogP contribution is 2.13. The molecular formula is C11H17N3O4S. The van der Waals surface area contributed by atoms with Crippen LogP contribution in [0.3, 0.4) is 0 Å². The number of hydrogen-bond acceptors (Lipinski definition) is 5. The number of thiazole rings is 1. The lowest BCUT2D eigenvalue weighted by Gasteiger charge is -2.17. The highest BCUT2D eigenvalue weighted by molar-refractivity contribution is 7.09. The summed E-state index contributed by atoms with van der Waals surface area (Å²) in [6.07, 6.45) is 0. The molecule has 0 spiro atoms. The molecule has 0 aromatic carbocycles. The number of ether oxygens (including phenoxy) is 1. The highest BCUT2D eigenvalue weighted by Gasteiger charge is 2.11. The molecule has 0 aliphatic rings. The first-order chi connectivity index (χ1) is 9.00. The van der Waals surface area contributed by atoms with E-state index in [-0.39, 0.29) is 25.8 Å². The van der Waals surface area contributed by atoms with Gasteiger partial charge in [-0.25, -0.2) is 14.6 Å². The Kier molecular flexibility index (Phi) is 6.23. The molecule has 1 aromatic rings. The van der Waals surface area contributed by atoms with E-state index in [1.54, 1.807) is 12.6 Å². The van der Waals surface area contributed by atoms with Gasteiger partial charge in [0.2, 0.25) is 0 Å². The summed E-state index contributed by atoms with van der Waals surface area (Å²) in [5.74, 6) is -1.02. The van der Waals surface area contributed by atoms with Crippen LogP contribution in [0.15, 0.2) is 5.51 Å². The van der Waals surface area contributed by atoms with E-state index in [0.29, 0.717) is 6.54 Å². The second kappa shape index (κ2) is 7.70. The van der Waals surface area contributed by atoms with Crippen molar-refractivity contribution < 1.29 is 19.4 Å². The van der Waals surface area contributed by atoms with E-state index < -0.39 is 5.97 Å². The molecule has 19 heavy (non-hydrogen) atoms. The maximum atomic E-state index is 11.7. The van der Waals surface area contributed by atoms with Crippen LogP contribution in [0.1, 0.15) is 10.6 Å². The summed E-state index contributed by atoms with van der Waals surface area (Å²) >= 11 is 1.51. The zero-order valence-electron chi connectivity index (χ0n) is 10.9. The average Bonchev–Trinajstić information content (AvgIpc) is 2.74. The molecule has 0 saturated carbocycles. The lowest BCUT2D eigenvalue weighted by atomic mass is 10.4. The van der Waals surface area contributed by atoms with Crippen LogP contribution >= 0.6 is 11.3 Å². The fourth-order valence-electron chi connectivity index (χ4n) is 1.29. The number of urea groups is 1. The topological polar surface area (TPSA) is 91.8 Å². The predicted molar refractivity (Wildman–Crippen MR) is 70.2 cm³/mol. The smallest absolute Gasteiger partial charge is 0.329 e. The van der Waals surface area contributed by atoms with Crippen LogP contribution in [-0.2, 0) is 16.1 Å². The van der Waals surface area contributed by atoms with Crippen molar-refractivity contribution in [1.82, 2.24) is 15.2 Å². The Balaban J connectivity index is 2.22. The van der Waals surface area contributed by atoms with Gasteiger partial charge in [0.1, 0.15) is 6.61 Å². The Bertz CT molecular complexity index is 435. The Morgan fingerprint density at radius 2 is 2.32 bits per heavy atom. The van der Waals surface area contributed by atoms with Crippen molar-refractivity contribution in [2.45, 2.75) is 13.5 Å². The van der Waals surface area contributed by atoms with Gasteiger partial charge in [0, 0.05) is 18.5 Å². The van der Waals surface area contributed by atoms with Gasteiger partial charge >= 0.3 is 12.0 Å². The molecule has 0 saturated heterocycles. The number of rotatable bonds is 7. The van der Waals surface area contributed by atoms with Crippen molar-refractivity contribution in [3.8, 4) is 0 Å². The van der Waals surface area contributed by atoms with Gasteiger partial charge in [-0.3, -0.25) is 0 Å². The summed E-state index contributed by atoms with van der Waals surface area (Å²) in [6, 6.07) is -0.230. The van der Waals surface area contributed by atoms with Crippen molar-refractivity contribution in [2.75, 3.05) is 26.8 Å². The summed E-state index contributed by atoms with van der Waals surface area (Å²) in [6.45, 7) is 2.49. The van der Waals surface area contributed by atoms with E-state index in [0.717, 1.165) is 10.6 Å². The Labute approximate surface area is 115 Å². The molecule has 1 rings (SSSR count). The number of aromatic nitrogens is 1. The van der Waals surface area contributed by atoms with Crippen LogP contribution in [0.5, 0.6) is 0 Å². The van der Waals surface area contributed by atoms with Crippen molar-refractivity contribution in [3.05, 3.63) is 16.1 Å². The molecule has 0 bridgehead atoms. The molecule has 0 radical (unpaired) electrons. The zero-order valence-corrected chi connectivity index (χ0v) is 11.7. The van der Waals surface area contributed by atoms with Crippen molar-refractivity contribution >= 4 is 23.3 Å². The Morgan fingerprint density at radius 3 is 2.89 bits per heavy atom. The minimum atomic E-state index is -1.02. The van der Waals surface area contributed by atoms with E-state index in [9.17, 15) is 9.59 Å². The summed E-state index contributed by atoms with van der Waals surface area (Å²) < 4.78 is 4.81. The van der Waals surface area contributed by atoms with Crippen LogP contribution in [0.2, 0.25) is 0 Å². The van der Waals surface area contributed by atoms with Crippen LogP contribution in [-0.4, -0.2) is 53.8 Å². The summed E-state index contributed by atoms with van der Waals surface area (Å²) in [4.78, 5) is 28.6. The Hall–Kier alpha value is -1.67. The molecular weight excluding hydrogens is 270 g/mol. The van der Waals surface area contributed by atoms with Gasteiger partial charge in [-0.1, -0.05) is 0 Å². The molecule has 106 valence electrons. The third-order valence-corrected chi connectivity index (χ3v) is 3.24. The number of aliphatic carboxylic acids is 1. The van der Waals surface area contributed by atoms with Crippen molar-refractivity contribution in [2.24, 2.45) is 0 Å². The minimum absolute atomic E-state index is 0.172. The van der Waals surface area contributed by atoms with Crippen molar-refractivity contribution in [1.29, 1.82) is 0 Å². The second-order valence-corrected chi connectivity index (χ2v) is 4.83. The van der Waals surface area contributed by atoms with E-state index in [1.807, 2.05) is 6.92 Å². The Morgan fingerprint density at radius 1 is 1.58 bits per heavy atom. The van der Waals surface area contributed by atoms with Gasteiger partial charge in [-0.05, 0) is 6.92 Å². The quantitative estimate of drug-likeness (QED) is 0.720. The largest absolute Gasteiger partial charge is 0.480 e. The fraction of sp³-hybridized carbons (Fsp3) is 0.545. The molecule has 1 heterocycles. The minimum Gasteiger partial charge on any atom is -0.480 e. The average molecular weight is 287 g/mol. The van der Waals surface area contributed by atoms with Crippen LogP contribution in [0.4, 0.5) is 4.79 Å². The number of carbonyl (C=O) groups is 2. The van der Waals surface area contributed by atoms with E-state index in [2.05, 4.69) is 10.3 Å². The summed E-state index contributed by atoms with van der Waals surface area (Å²) in [7, 11) is 1.69. The van der Waals surface area contributed by atoms with E-state index >= 15 is 0 Å².